The van der Waals surface area contributed by atoms with Crippen LogP contribution in [0.3, 0.4) is 0 Å². The van der Waals surface area contributed by atoms with Crippen LogP contribution in [0.1, 0.15) is 18.9 Å². The predicted octanol–water partition coefficient (Wildman–Crippen LogP) is 1.46. The van der Waals surface area contributed by atoms with E-state index in [-0.39, 0.29) is 4.86 Å². The molecule has 20 heavy (non-hydrogen) atoms. The summed E-state index contributed by atoms with van der Waals surface area (Å²) in [7, 11) is -2.90. The molecule has 0 radical (unpaired) electrons. The molecule has 1 atom stereocenters. The first-order valence-electron chi connectivity index (χ1n) is 5.51. The van der Waals surface area contributed by atoms with E-state index in [1.54, 1.807) is 30.3 Å². The topological polar surface area (TPSA) is 95.2 Å². The molecular weight excluding hydrogens is 298 g/mol. The Bertz CT molecular complexity index is 708. The second-order valence-corrected chi connectivity index (χ2v) is 5.65. The Morgan fingerprint density at radius 2 is 1.95 bits per heavy atom. The van der Waals surface area contributed by atoms with Gasteiger partial charge in [0.05, 0.1) is 11.5 Å². The summed E-state index contributed by atoms with van der Waals surface area (Å²) in [5.74, 6) is -1.57. The van der Waals surface area contributed by atoms with Crippen molar-refractivity contribution in [2.45, 2.75) is 13.3 Å². The molecule has 1 unspecified atom stereocenters. The second-order valence-electron chi connectivity index (χ2n) is 4.28. The summed E-state index contributed by atoms with van der Waals surface area (Å²) in [6, 6.07) is 10.5. The van der Waals surface area contributed by atoms with Gasteiger partial charge in [0.2, 0.25) is 10.3 Å². The van der Waals surface area contributed by atoms with Gasteiger partial charge in [-0.2, -0.15) is 13.7 Å². The van der Waals surface area contributed by atoms with E-state index in [9.17, 15) is 18.5 Å². The van der Waals surface area contributed by atoms with Crippen molar-refractivity contribution in [3.8, 4) is 6.07 Å². The Hall–Kier alpha value is -2.04. The highest BCUT2D eigenvalue weighted by Gasteiger charge is 2.34. The number of nitriles is 1. The highest BCUT2D eigenvalue weighted by Crippen LogP contribution is 2.27. The first-order chi connectivity index (χ1) is 9.31. The molecule has 0 aliphatic rings. The molecule has 1 aromatic rings. The Labute approximate surface area is 123 Å². The largest absolute Gasteiger partial charge is 0.477 e. The van der Waals surface area contributed by atoms with Crippen LogP contribution in [-0.2, 0) is 15.1 Å². The molecule has 0 heterocycles. The van der Waals surface area contributed by atoms with E-state index in [2.05, 4.69) is 0 Å². The maximum Gasteiger partial charge on any atom is 0.347 e. The molecule has 0 aromatic heterocycles. The van der Waals surface area contributed by atoms with E-state index < -0.39 is 33.0 Å². The average molecular weight is 309 g/mol. The molecule has 1 N–H and O–H groups in total. The van der Waals surface area contributed by atoms with Crippen molar-refractivity contribution in [1.29, 1.82) is 5.26 Å². The fraction of sp³-hybridized carbons (Fsp3) is 0.231. The fourth-order valence-corrected chi connectivity index (χ4v) is 2.41. The minimum atomic E-state index is -2.90. The molecule has 7 heteroatoms. The lowest BCUT2D eigenvalue weighted by molar-refractivity contribution is -0.129. The quantitative estimate of drug-likeness (QED) is 0.653. The summed E-state index contributed by atoms with van der Waals surface area (Å²) < 4.78 is 21.8. The maximum absolute atomic E-state index is 10.9. The van der Waals surface area contributed by atoms with Crippen LogP contribution >= 0.6 is 12.2 Å². The average Bonchev–Trinajstić information content (AvgIpc) is 2.44. The number of carbonyl (C=O) groups is 1. The summed E-state index contributed by atoms with van der Waals surface area (Å²) >= 11 is 5.22. The van der Waals surface area contributed by atoms with Crippen LogP contribution in [0.4, 0.5) is 0 Å². The van der Waals surface area contributed by atoms with Gasteiger partial charge < -0.3 is 5.11 Å². The molecule has 0 amide bonds. The summed E-state index contributed by atoms with van der Waals surface area (Å²) in [6.07, 6.45) is -0.470. The zero-order valence-corrected chi connectivity index (χ0v) is 12.2. The van der Waals surface area contributed by atoms with E-state index >= 15 is 0 Å². The van der Waals surface area contributed by atoms with Crippen molar-refractivity contribution in [2.75, 3.05) is 0 Å². The van der Waals surface area contributed by atoms with Crippen LogP contribution in [-0.4, -0.2) is 29.2 Å². The first kappa shape index (κ1) is 16.0. The number of benzene rings is 1. The van der Waals surface area contributed by atoms with Gasteiger partial charge in [-0.1, -0.05) is 42.5 Å². The van der Waals surface area contributed by atoms with Crippen LogP contribution in [0.5, 0.6) is 0 Å². The van der Waals surface area contributed by atoms with E-state index in [1.165, 1.54) is 6.92 Å². The Morgan fingerprint density at radius 1 is 1.40 bits per heavy atom. The highest BCUT2D eigenvalue weighted by atomic mass is 32.2. The minimum absolute atomic E-state index is 0.213. The van der Waals surface area contributed by atoms with E-state index in [1.807, 2.05) is 6.07 Å². The van der Waals surface area contributed by atoms with Crippen molar-refractivity contribution in [1.82, 2.24) is 0 Å². The molecule has 0 bridgehead atoms. The van der Waals surface area contributed by atoms with E-state index in [4.69, 9.17) is 17.3 Å². The molecule has 1 aromatic carbocycles. The zero-order valence-electron chi connectivity index (χ0n) is 10.5. The van der Waals surface area contributed by atoms with Crippen molar-refractivity contribution in [3.05, 3.63) is 35.9 Å². The lowest BCUT2D eigenvalue weighted by Gasteiger charge is -2.22. The Morgan fingerprint density at radius 3 is 2.35 bits per heavy atom. The van der Waals surface area contributed by atoms with Crippen molar-refractivity contribution in [2.24, 2.45) is 5.41 Å². The van der Waals surface area contributed by atoms with Crippen molar-refractivity contribution >= 4 is 38.2 Å². The predicted molar refractivity (Wildman–Crippen MR) is 78.0 cm³/mol. The summed E-state index contributed by atoms with van der Waals surface area (Å²) in [5, 5.41) is 18.2. The fourth-order valence-electron chi connectivity index (χ4n) is 1.61. The number of hydrogen-bond donors (Lipinski definition) is 1. The van der Waals surface area contributed by atoms with Crippen LogP contribution in [0.2, 0.25) is 0 Å². The molecule has 5 nitrogen and oxygen atoms in total. The summed E-state index contributed by atoms with van der Waals surface area (Å²) in [6.45, 7) is 1.43. The highest BCUT2D eigenvalue weighted by molar-refractivity contribution is 7.81. The van der Waals surface area contributed by atoms with Gasteiger partial charge in [0.1, 0.15) is 0 Å². The third kappa shape index (κ3) is 3.50. The van der Waals surface area contributed by atoms with E-state index in [0.29, 0.717) is 5.56 Å². The number of hydrogen-bond acceptors (Lipinski definition) is 5. The van der Waals surface area contributed by atoms with Gasteiger partial charge in [-0.05, 0) is 12.5 Å². The van der Waals surface area contributed by atoms with Crippen LogP contribution in [0.15, 0.2) is 30.3 Å². The standard InChI is InChI=1S/C13H11NO4S2/c1-13(8-14,7-10(12(15)16)20(17)18)11(19)9-5-3-2-4-6-9/h2-6H,7H2,1H3,(H,15,16). The van der Waals surface area contributed by atoms with Gasteiger partial charge in [0.25, 0.3) is 0 Å². The first-order valence-corrected chi connectivity index (χ1v) is 6.99. The second kappa shape index (κ2) is 6.41. The Balaban J connectivity index is 3.24. The van der Waals surface area contributed by atoms with Crippen molar-refractivity contribution < 1.29 is 18.3 Å². The van der Waals surface area contributed by atoms with Gasteiger partial charge in [0, 0.05) is 11.3 Å². The number of carboxylic acids is 1. The smallest absolute Gasteiger partial charge is 0.347 e. The number of nitrogens with zero attached hydrogens (tertiary/aromatic N) is 1. The molecular formula is C13H11NO4S2. The van der Waals surface area contributed by atoms with Crippen molar-refractivity contribution in [3.63, 3.8) is 0 Å². The van der Waals surface area contributed by atoms with E-state index in [0.717, 1.165) is 0 Å². The molecule has 0 aliphatic carbocycles. The summed E-state index contributed by atoms with van der Waals surface area (Å²) in [5.41, 5.74) is -0.794. The summed E-state index contributed by atoms with van der Waals surface area (Å²) in [4.78, 5) is 10.4. The van der Waals surface area contributed by atoms with Gasteiger partial charge in [-0.25, -0.2) is 4.79 Å². The molecule has 0 spiro atoms. The minimum Gasteiger partial charge on any atom is -0.477 e. The van der Waals surface area contributed by atoms with Crippen LogP contribution in [0, 0.1) is 16.7 Å². The van der Waals surface area contributed by atoms with Gasteiger partial charge in [-0.15, -0.1) is 0 Å². The number of aliphatic carboxylic acids is 1. The van der Waals surface area contributed by atoms with Gasteiger partial charge in [0.15, 0.2) is 4.86 Å². The molecule has 0 fully saturated rings. The molecule has 0 saturated carbocycles. The third-order valence-electron chi connectivity index (χ3n) is 2.74. The third-order valence-corrected chi connectivity index (χ3v) is 4.15. The zero-order chi connectivity index (χ0) is 15.3. The number of carboxylic acid groups (broad SMARTS) is 1. The molecule has 0 saturated heterocycles. The lowest BCUT2D eigenvalue weighted by Crippen LogP contribution is -2.31. The normalized spacial score (nSPS) is 12.8. The SMILES string of the molecule is CC(C#N)(CC(C(=O)O)=S(=O)=O)C(=S)c1ccccc1. The maximum atomic E-state index is 10.9. The Kier molecular flexibility index (Phi) is 5.13. The van der Waals surface area contributed by atoms with Crippen LogP contribution in [0.25, 0.3) is 0 Å². The molecule has 104 valence electrons. The number of rotatable bonds is 5. The van der Waals surface area contributed by atoms with Gasteiger partial charge >= 0.3 is 5.97 Å². The lowest BCUT2D eigenvalue weighted by atomic mass is 9.80. The monoisotopic (exact) mass is 309 g/mol. The van der Waals surface area contributed by atoms with Gasteiger partial charge in [-0.3, -0.25) is 0 Å². The van der Waals surface area contributed by atoms with Crippen LogP contribution < -0.4 is 0 Å². The molecule has 0 aliphatic heterocycles. The molecule has 1 rings (SSSR count). The number of thiocarbonyl (C=S) groups is 1.